The lowest BCUT2D eigenvalue weighted by atomic mass is 10.2. The molecule has 0 bridgehead atoms. The van der Waals surface area contributed by atoms with E-state index in [1.807, 2.05) is 50.2 Å². The number of benzene rings is 4. The number of anilines is 2. The number of carbonyl (C=O) groups is 1. The zero-order chi connectivity index (χ0) is 28.3. The first-order valence-electron chi connectivity index (χ1n) is 12.8. The number of aromatic nitrogens is 1. The predicted octanol–water partition coefficient (Wildman–Crippen LogP) is 6.81. The number of aryl methyl sites for hydroxylation is 2. The quantitative estimate of drug-likeness (QED) is 0.210. The Morgan fingerprint density at radius 2 is 1.57 bits per heavy atom. The van der Waals surface area contributed by atoms with Crippen molar-refractivity contribution in [2.24, 2.45) is 0 Å². The normalized spacial score (nSPS) is 11.4. The lowest BCUT2D eigenvalue weighted by molar-refractivity contribution is -0.114. The van der Waals surface area contributed by atoms with Gasteiger partial charge in [0.15, 0.2) is 0 Å². The average molecular weight is 572 g/mol. The van der Waals surface area contributed by atoms with Gasteiger partial charge in [-0.2, -0.15) is 0 Å². The molecule has 0 saturated heterocycles. The summed E-state index contributed by atoms with van der Waals surface area (Å²) in [5, 5.41) is 3.73. The summed E-state index contributed by atoms with van der Waals surface area (Å²) in [5.74, 6) is 0.115. The van der Waals surface area contributed by atoms with Crippen molar-refractivity contribution in [2.45, 2.75) is 25.7 Å². The highest BCUT2D eigenvalue weighted by Crippen LogP contribution is 2.31. The minimum atomic E-state index is -4.03. The standard InChI is InChI=1S/C31H29N3O4S2/c1-4-38-26-14-16-27(17-15-26)40(36,37)34(25-12-5-21(2)6-13-25)20-30(35)32-24-10-8-23(9-11-24)31-33-28-18-7-22(3)19-29(28)39-31/h5-19H,4,20H2,1-3H3,(H,32,35). The third kappa shape index (κ3) is 6.00. The van der Waals surface area contributed by atoms with Gasteiger partial charge in [-0.25, -0.2) is 13.4 Å². The van der Waals surface area contributed by atoms with Gasteiger partial charge in [-0.05, 0) is 99.1 Å². The minimum Gasteiger partial charge on any atom is -0.494 e. The Hall–Kier alpha value is -4.21. The second kappa shape index (κ2) is 11.5. The van der Waals surface area contributed by atoms with Crippen LogP contribution in [0.5, 0.6) is 5.75 Å². The molecule has 9 heteroatoms. The molecular weight excluding hydrogens is 542 g/mol. The van der Waals surface area contributed by atoms with Crippen LogP contribution in [0, 0.1) is 13.8 Å². The maximum Gasteiger partial charge on any atom is 0.264 e. The van der Waals surface area contributed by atoms with Crippen molar-refractivity contribution < 1.29 is 17.9 Å². The molecule has 0 spiro atoms. The van der Waals surface area contributed by atoms with E-state index in [4.69, 9.17) is 9.72 Å². The molecule has 7 nitrogen and oxygen atoms in total. The minimum absolute atomic E-state index is 0.0692. The Bertz CT molecular complexity index is 1750. The summed E-state index contributed by atoms with van der Waals surface area (Å²) < 4.78 is 35.0. The largest absolute Gasteiger partial charge is 0.494 e. The van der Waals surface area contributed by atoms with Crippen molar-refractivity contribution in [1.82, 2.24) is 4.98 Å². The summed E-state index contributed by atoms with van der Waals surface area (Å²) in [5.41, 5.74) is 5.02. The molecule has 5 aromatic rings. The molecule has 0 fully saturated rings. The van der Waals surface area contributed by atoms with Crippen molar-refractivity contribution in [3.63, 3.8) is 0 Å². The van der Waals surface area contributed by atoms with Crippen LogP contribution in [0.1, 0.15) is 18.1 Å². The molecule has 204 valence electrons. The van der Waals surface area contributed by atoms with Gasteiger partial charge in [0.05, 0.1) is 27.4 Å². The summed E-state index contributed by atoms with van der Waals surface area (Å²) in [6.07, 6.45) is 0. The third-order valence-corrected chi connectivity index (χ3v) is 9.15. The summed E-state index contributed by atoms with van der Waals surface area (Å²) in [4.78, 5) is 17.9. The van der Waals surface area contributed by atoms with Crippen LogP contribution in [-0.4, -0.2) is 32.5 Å². The van der Waals surface area contributed by atoms with Gasteiger partial charge < -0.3 is 10.1 Å². The van der Waals surface area contributed by atoms with Crippen LogP contribution in [0.25, 0.3) is 20.8 Å². The van der Waals surface area contributed by atoms with Gasteiger partial charge in [0.25, 0.3) is 10.0 Å². The number of sulfonamides is 1. The monoisotopic (exact) mass is 571 g/mol. The Kier molecular flexibility index (Phi) is 7.86. The smallest absolute Gasteiger partial charge is 0.264 e. The number of hydrogen-bond donors (Lipinski definition) is 1. The number of fused-ring (bicyclic) bond motifs is 1. The number of rotatable bonds is 9. The van der Waals surface area contributed by atoms with Crippen LogP contribution in [0.15, 0.2) is 95.9 Å². The molecule has 0 radical (unpaired) electrons. The first kappa shape index (κ1) is 27.4. The number of nitrogens with one attached hydrogen (secondary N) is 1. The maximum atomic E-state index is 13.7. The highest BCUT2D eigenvalue weighted by molar-refractivity contribution is 7.92. The van der Waals surface area contributed by atoms with E-state index in [0.717, 1.165) is 30.7 Å². The highest BCUT2D eigenvalue weighted by Gasteiger charge is 2.27. The fourth-order valence-corrected chi connectivity index (χ4v) is 6.70. The van der Waals surface area contributed by atoms with Crippen molar-refractivity contribution in [2.75, 3.05) is 22.8 Å². The van der Waals surface area contributed by atoms with Crippen LogP contribution in [0.3, 0.4) is 0 Å². The van der Waals surface area contributed by atoms with Gasteiger partial charge in [0, 0.05) is 11.3 Å². The highest BCUT2D eigenvalue weighted by atomic mass is 32.2. The summed E-state index contributed by atoms with van der Waals surface area (Å²) in [6.45, 7) is 5.92. The molecule has 0 aliphatic rings. The summed E-state index contributed by atoms with van der Waals surface area (Å²) >= 11 is 1.62. The van der Waals surface area contributed by atoms with Crippen LogP contribution in [0.2, 0.25) is 0 Å². The average Bonchev–Trinajstić information content (AvgIpc) is 3.36. The second-order valence-corrected chi connectivity index (χ2v) is 12.3. The van der Waals surface area contributed by atoms with Crippen molar-refractivity contribution in [3.8, 4) is 16.3 Å². The Labute approximate surface area is 238 Å². The van der Waals surface area contributed by atoms with E-state index in [9.17, 15) is 13.2 Å². The van der Waals surface area contributed by atoms with Crippen molar-refractivity contribution >= 4 is 48.9 Å². The third-order valence-electron chi connectivity index (χ3n) is 6.29. The van der Waals surface area contributed by atoms with Gasteiger partial charge in [-0.3, -0.25) is 9.10 Å². The molecule has 1 heterocycles. The number of nitrogens with zero attached hydrogens (tertiary/aromatic N) is 2. The van der Waals surface area contributed by atoms with E-state index < -0.39 is 22.5 Å². The molecule has 0 atom stereocenters. The van der Waals surface area contributed by atoms with Gasteiger partial charge in [-0.15, -0.1) is 11.3 Å². The first-order chi connectivity index (χ1) is 19.2. The number of amides is 1. The van der Waals surface area contributed by atoms with E-state index in [0.29, 0.717) is 23.7 Å². The first-order valence-corrected chi connectivity index (χ1v) is 15.1. The van der Waals surface area contributed by atoms with Gasteiger partial charge >= 0.3 is 0 Å². The van der Waals surface area contributed by atoms with E-state index in [1.165, 1.54) is 17.7 Å². The fourth-order valence-electron chi connectivity index (χ4n) is 4.21. The maximum absolute atomic E-state index is 13.7. The molecule has 5 rings (SSSR count). The van der Waals surface area contributed by atoms with E-state index in [1.54, 1.807) is 47.7 Å². The molecular formula is C31H29N3O4S2. The van der Waals surface area contributed by atoms with Crippen molar-refractivity contribution in [3.05, 3.63) is 102 Å². The molecule has 0 saturated carbocycles. The Balaban J connectivity index is 1.35. The number of thiazole rings is 1. The number of ether oxygens (including phenoxy) is 1. The van der Waals surface area contributed by atoms with E-state index >= 15 is 0 Å². The predicted molar refractivity (Wildman–Crippen MR) is 162 cm³/mol. The number of carbonyl (C=O) groups excluding carboxylic acids is 1. The van der Waals surface area contributed by atoms with Crippen LogP contribution in [0.4, 0.5) is 11.4 Å². The van der Waals surface area contributed by atoms with Gasteiger partial charge in [-0.1, -0.05) is 23.8 Å². The Morgan fingerprint density at radius 3 is 2.25 bits per heavy atom. The summed E-state index contributed by atoms with van der Waals surface area (Å²) in [7, 11) is -4.03. The molecule has 1 amide bonds. The van der Waals surface area contributed by atoms with E-state index in [2.05, 4.69) is 18.3 Å². The molecule has 0 unspecified atom stereocenters. The molecule has 4 aromatic carbocycles. The van der Waals surface area contributed by atoms with Crippen molar-refractivity contribution in [1.29, 1.82) is 0 Å². The molecule has 1 aromatic heterocycles. The van der Waals surface area contributed by atoms with Crippen LogP contribution >= 0.6 is 11.3 Å². The second-order valence-electron chi connectivity index (χ2n) is 9.37. The Morgan fingerprint density at radius 1 is 0.900 bits per heavy atom. The molecule has 40 heavy (non-hydrogen) atoms. The number of hydrogen-bond acceptors (Lipinski definition) is 6. The zero-order valence-electron chi connectivity index (χ0n) is 22.4. The molecule has 0 aliphatic carbocycles. The summed E-state index contributed by atoms with van der Waals surface area (Å²) in [6, 6.07) is 26.8. The van der Waals surface area contributed by atoms with Crippen LogP contribution < -0.4 is 14.4 Å². The lowest BCUT2D eigenvalue weighted by Crippen LogP contribution is -2.38. The van der Waals surface area contributed by atoms with Gasteiger partial charge in [0.1, 0.15) is 17.3 Å². The van der Waals surface area contributed by atoms with Gasteiger partial charge in [0.2, 0.25) is 5.91 Å². The van der Waals surface area contributed by atoms with E-state index in [-0.39, 0.29) is 4.90 Å². The topological polar surface area (TPSA) is 88.6 Å². The fraction of sp³-hybridized carbons (Fsp3) is 0.161. The SMILES string of the molecule is CCOc1ccc(S(=O)(=O)N(CC(=O)Nc2ccc(-c3nc4ccc(C)cc4s3)cc2)c2ccc(C)cc2)cc1. The van der Waals surface area contributed by atoms with Crippen LogP contribution in [-0.2, 0) is 14.8 Å². The molecule has 0 aliphatic heterocycles. The zero-order valence-corrected chi connectivity index (χ0v) is 24.1. The molecule has 1 N–H and O–H groups in total. The lowest BCUT2D eigenvalue weighted by Gasteiger charge is -2.24.